The Morgan fingerprint density at radius 2 is 1.68 bits per heavy atom. The van der Waals surface area contributed by atoms with Gasteiger partial charge in [-0.05, 0) is 50.9 Å². The lowest BCUT2D eigenvalue weighted by Gasteiger charge is -2.43. The van der Waals surface area contributed by atoms with Gasteiger partial charge in [0.2, 0.25) is 5.91 Å². The van der Waals surface area contributed by atoms with Gasteiger partial charge in [-0.15, -0.1) is 0 Å². The van der Waals surface area contributed by atoms with Crippen molar-refractivity contribution in [3.8, 4) is 0 Å². The van der Waals surface area contributed by atoms with E-state index in [0.29, 0.717) is 51.1 Å². The number of piperazine rings is 1. The molecule has 3 amide bonds. The number of amides is 3. The third kappa shape index (κ3) is 5.21. The number of nitrogens with one attached hydrogen (secondary N) is 2. The average Bonchev–Trinajstić information content (AvgIpc) is 3.34. The van der Waals surface area contributed by atoms with Crippen molar-refractivity contribution in [2.45, 2.75) is 82.2 Å². The molecule has 0 radical (unpaired) electrons. The van der Waals surface area contributed by atoms with Gasteiger partial charge >= 0.3 is 6.03 Å². The van der Waals surface area contributed by atoms with Crippen LogP contribution >= 0.6 is 0 Å². The maximum atomic E-state index is 14.4. The number of morpholine rings is 1. The van der Waals surface area contributed by atoms with E-state index in [1.54, 1.807) is 0 Å². The lowest BCUT2D eigenvalue weighted by atomic mass is 9.77. The predicted octanol–water partition coefficient (Wildman–Crippen LogP) is 1.60. The Morgan fingerprint density at radius 3 is 2.41 bits per heavy atom. The van der Waals surface area contributed by atoms with E-state index in [2.05, 4.69) is 22.5 Å². The van der Waals surface area contributed by atoms with E-state index >= 15 is 0 Å². The highest BCUT2D eigenvalue weighted by Gasteiger charge is 2.46. The van der Waals surface area contributed by atoms with Crippen LogP contribution in [-0.4, -0.2) is 109 Å². The Hall–Kier alpha value is -1.45. The summed E-state index contributed by atoms with van der Waals surface area (Å²) in [4.78, 5) is 32.2. The van der Waals surface area contributed by atoms with Gasteiger partial charge < -0.3 is 25.2 Å². The highest BCUT2D eigenvalue weighted by molar-refractivity contribution is 5.82. The number of nitrogens with zero attached hydrogens (tertiary/aromatic N) is 3. The smallest absolute Gasteiger partial charge is 0.320 e. The quantitative estimate of drug-likeness (QED) is 0.643. The number of carbonyl (C=O) groups is 2. The minimum absolute atomic E-state index is 0.0185. The molecule has 3 heterocycles. The Bertz CT molecular complexity index is 709. The molecule has 9 heteroatoms. The van der Waals surface area contributed by atoms with Crippen LogP contribution in [0.5, 0.6) is 0 Å². The molecule has 8 nitrogen and oxygen atoms in total. The Balaban J connectivity index is 1.08. The van der Waals surface area contributed by atoms with Crippen molar-refractivity contribution in [3.63, 3.8) is 0 Å². The summed E-state index contributed by atoms with van der Waals surface area (Å²) in [7, 11) is 0. The summed E-state index contributed by atoms with van der Waals surface area (Å²) < 4.78 is 19.8. The standard InChI is InChI=1S/C25H42FN5O3/c1-17-5-6-21(26)20-16-22(28-23(17)20)24(32)27-18-3-2-4-19(15-18)29-7-9-30(10-8-29)25(33)31-11-13-34-14-12-31/h17-23,28H,2-16H2,1H3,(H,27,32)/t17?,18-,19+,20?,21?,22?,23?/m1/s1. The number of hydrogen-bond acceptors (Lipinski definition) is 5. The summed E-state index contributed by atoms with van der Waals surface area (Å²) in [5, 5.41) is 6.77. The van der Waals surface area contributed by atoms with E-state index in [4.69, 9.17) is 4.74 Å². The molecule has 0 spiro atoms. The number of halogens is 1. The summed E-state index contributed by atoms with van der Waals surface area (Å²) in [5.74, 6) is 0.470. The predicted molar refractivity (Wildman–Crippen MR) is 127 cm³/mol. The van der Waals surface area contributed by atoms with Crippen LogP contribution in [0.4, 0.5) is 9.18 Å². The number of alkyl halides is 1. The molecule has 5 aliphatic rings. The molecule has 2 aliphatic carbocycles. The Kier molecular flexibility index (Phi) is 7.61. The number of hydrogen-bond donors (Lipinski definition) is 2. The summed E-state index contributed by atoms with van der Waals surface area (Å²) in [6.07, 6.45) is 5.61. The molecule has 2 N–H and O–H groups in total. The summed E-state index contributed by atoms with van der Waals surface area (Å²) in [6, 6.07) is 0.654. The van der Waals surface area contributed by atoms with E-state index in [-0.39, 0.29) is 36.0 Å². The van der Waals surface area contributed by atoms with E-state index in [0.717, 1.165) is 58.3 Å². The second-order valence-electron chi connectivity index (χ2n) is 11.1. The molecule has 0 aromatic heterocycles. The van der Waals surface area contributed by atoms with Crippen LogP contribution < -0.4 is 10.6 Å². The minimum atomic E-state index is -0.778. The van der Waals surface area contributed by atoms with Gasteiger partial charge in [-0.2, -0.15) is 0 Å². The van der Waals surface area contributed by atoms with Crippen molar-refractivity contribution in [2.75, 3.05) is 52.5 Å². The molecule has 0 aromatic rings. The molecule has 2 saturated carbocycles. The van der Waals surface area contributed by atoms with Crippen LogP contribution in [-0.2, 0) is 9.53 Å². The van der Waals surface area contributed by atoms with Crippen molar-refractivity contribution < 1.29 is 18.7 Å². The lowest BCUT2D eigenvalue weighted by Crippen LogP contribution is -2.57. The monoisotopic (exact) mass is 479 g/mol. The normalized spacial score (nSPS) is 39.5. The Labute approximate surface area is 202 Å². The molecule has 5 rings (SSSR count). The zero-order valence-electron chi connectivity index (χ0n) is 20.6. The SMILES string of the molecule is CC1CCC(F)C2CC(C(=O)N[C@@H]3CCC[C@H](N4CCN(C(=O)N5CCOCC5)CC4)C3)NC12. The molecule has 5 unspecified atom stereocenters. The number of urea groups is 1. The fourth-order valence-corrected chi connectivity index (χ4v) is 6.96. The maximum Gasteiger partial charge on any atom is 0.320 e. The van der Waals surface area contributed by atoms with Crippen molar-refractivity contribution in [1.29, 1.82) is 0 Å². The first kappa shape index (κ1) is 24.3. The molecule has 192 valence electrons. The van der Waals surface area contributed by atoms with Crippen LogP contribution in [0.15, 0.2) is 0 Å². The van der Waals surface area contributed by atoms with Gasteiger partial charge in [0.05, 0.1) is 19.3 Å². The van der Waals surface area contributed by atoms with Gasteiger partial charge in [-0.1, -0.05) is 6.92 Å². The first-order valence-corrected chi connectivity index (χ1v) is 13.6. The third-order valence-electron chi connectivity index (χ3n) is 9.03. The molecular weight excluding hydrogens is 437 g/mol. The van der Waals surface area contributed by atoms with E-state index in [1.165, 1.54) is 0 Å². The highest BCUT2D eigenvalue weighted by atomic mass is 19.1. The summed E-state index contributed by atoms with van der Waals surface area (Å²) >= 11 is 0. The molecule has 5 fully saturated rings. The fraction of sp³-hybridized carbons (Fsp3) is 0.920. The third-order valence-corrected chi connectivity index (χ3v) is 9.03. The van der Waals surface area contributed by atoms with E-state index < -0.39 is 6.17 Å². The van der Waals surface area contributed by atoms with Gasteiger partial charge in [0.25, 0.3) is 0 Å². The maximum absolute atomic E-state index is 14.4. The van der Waals surface area contributed by atoms with Crippen LogP contribution in [0.25, 0.3) is 0 Å². The van der Waals surface area contributed by atoms with Crippen molar-refractivity contribution >= 4 is 11.9 Å². The molecule has 3 aliphatic heterocycles. The second kappa shape index (κ2) is 10.7. The minimum Gasteiger partial charge on any atom is -0.378 e. The zero-order chi connectivity index (χ0) is 23.7. The lowest BCUT2D eigenvalue weighted by molar-refractivity contribution is -0.124. The first-order chi connectivity index (χ1) is 16.5. The summed E-state index contributed by atoms with van der Waals surface area (Å²) in [5.41, 5.74) is 0. The molecule has 0 bridgehead atoms. The second-order valence-corrected chi connectivity index (χ2v) is 11.1. The largest absolute Gasteiger partial charge is 0.378 e. The van der Waals surface area contributed by atoms with Crippen molar-refractivity contribution in [3.05, 3.63) is 0 Å². The fourth-order valence-electron chi connectivity index (χ4n) is 6.96. The first-order valence-electron chi connectivity index (χ1n) is 13.6. The number of fused-ring (bicyclic) bond motifs is 1. The van der Waals surface area contributed by atoms with Crippen molar-refractivity contribution in [2.24, 2.45) is 11.8 Å². The molecular formula is C25H42FN5O3. The van der Waals surface area contributed by atoms with E-state index in [1.807, 2.05) is 9.80 Å². The van der Waals surface area contributed by atoms with Crippen molar-refractivity contribution in [1.82, 2.24) is 25.3 Å². The zero-order valence-corrected chi connectivity index (χ0v) is 20.6. The average molecular weight is 480 g/mol. The molecule has 0 aromatic carbocycles. The van der Waals surface area contributed by atoms with Gasteiger partial charge in [0.1, 0.15) is 6.17 Å². The Morgan fingerprint density at radius 1 is 0.941 bits per heavy atom. The molecule has 7 atom stereocenters. The molecule has 3 saturated heterocycles. The number of carbonyl (C=O) groups excluding carboxylic acids is 2. The van der Waals surface area contributed by atoms with Crippen LogP contribution in [0.2, 0.25) is 0 Å². The number of rotatable bonds is 3. The topological polar surface area (TPSA) is 77.2 Å². The van der Waals surface area contributed by atoms with E-state index in [9.17, 15) is 14.0 Å². The van der Waals surface area contributed by atoms with Crippen LogP contribution in [0.3, 0.4) is 0 Å². The number of ether oxygens (including phenoxy) is 1. The van der Waals surface area contributed by atoms with Gasteiger partial charge in [0, 0.05) is 63.3 Å². The summed E-state index contributed by atoms with van der Waals surface area (Å²) in [6.45, 7) is 8.13. The molecule has 34 heavy (non-hydrogen) atoms. The highest BCUT2D eigenvalue weighted by Crippen LogP contribution is 2.38. The van der Waals surface area contributed by atoms with Gasteiger partial charge in [-0.25, -0.2) is 9.18 Å². The van der Waals surface area contributed by atoms with Gasteiger partial charge in [0.15, 0.2) is 0 Å². The van der Waals surface area contributed by atoms with Gasteiger partial charge in [-0.3, -0.25) is 9.69 Å². The van der Waals surface area contributed by atoms with Crippen LogP contribution in [0.1, 0.15) is 51.9 Å². The van der Waals surface area contributed by atoms with Crippen LogP contribution in [0, 0.1) is 11.8 Å².